The molecular weight excluding hydrogens is 156 g/mol. The fourth-order valence-electron chi connectivity index (χ4n) is 0.776. The van der Waals surface area contributed by atoms with Gasteiger partial charge in [-0.15, -0.1) is 0 Å². The second-order valence-corrected chi connectivity index (χ2v) is 2.90. The summed E-state index contributed by atoms with van der Waals surface area (Å²) in [4.78, 5) is 14.3. The molecule has 4 heteroatoms. The molecule has 4 nitrogen and oxygen atoms in total. The molecule has 1 atom stereocenters. The van der Waals surface area contributed by atoms with Crippen molar-refractivity contribution in [2.45, 2.75) is 26.7 Å². The first-order valence-corrected chi connectivity index (χ1v) is 4.03. The molecule has 3 N–H and O–H groups in total. The lowest BCUT2D eigenvalue weighted by Crippen LogP contribution is -2.10. The molecule has 0 fully saturated rings. The highest BCUT2D eigenvalue weighted by Crippen LogP contribution is 2.04. The van der Waals surface area contributed by atoms with Gasteiger partial charge in [-0.1, -0.05) is 6.92 Å². The van der Waals surface area contributed by atoms with Gasteiger partial charge in [-0.2, -0.15) is 0 Å². The second-order valence-electron chi connectivity index (χ2n) is 2.90. The van der Waals surface area contributed by atoms with E-state index in [0.29, 0.717) is 18.8 Å². The molecule has 0 heterocycles. The fraction of sp³-hybridized carbons (Fsp3) is 0.750. The van der Waals surface area contributed by atoms with Gasteiger partial charge in [0.2, 0.25) is 0 Å². The van der Waals surface area contributed by atoms with Crippen LogP contribution in [0.3, 0.4) is 0 Å². The van der Waals surface area contributed by atoms with E-state index in [4.69, 9.17) is 10.8 Å². The Morgan fingerprint density at radius 2 is 2.25 bits per heavy atom. The summed E-state index contributed by atoms with van der Waals surface area (Å²) in [6.45, 7) is 4.04. The number of nitrogens with zero attached hydrogens (tertiary/aromatic N) is 1. The molecule has 0 aromatic rings. The lowest BCUT2D eigenvalue weighted by Gasteiger charge is -2.03. The van der Waals surface area contributed by atoms with Gasteiger partial charge in [0.05, 0.1) is 11.8 Å². The van der Waals surface area contributed by atoms with Crippen LogP contribution in [0.1, 0.15) is 26.7 Å². The Morgan fingerprint density at radius 3 is 2.67 bits per heavy atom. The molecule has 12 heavy (non-hydrogen) atoms. The summed E-state index contributed by atoms with van der Waals surface area (Å²) in [5.74, 6) is -0.472. The predicted octanol–water partition coefficient (Wildman–Crippen LogP) is 0.864. The number of rotatable bonds is 5. The van der Waals surface area contributed by atoms with Crippen LogP contribution >= 0.6 is 0 Å². The van der Waals surface area contributed by atoms with Crippen LogP contribution in [0.15, 0.2) is 4.99 Å². The average Bonchev–Trinajstić information content (AvgIpc) is 1.97. The molecule has 0 spiro atoms. The zero-order valence-electron chi connectivity index (χ0n) is 7.58. The summed E-state index contributed by atoms with van der Waals surface area (Å²) in [7, 11) is 0. The van der Waals surface area contributed by atoms with Gasteiger partial charge in [0, 0.05) is 6.54 Å². The van der Waals surface area contributed by atoms with Gasteiger partial charge in [0.25, 0.3) is 0 Å². The van der Waals surface area contributed by atoms with Crippen LogP contribution in [0.5, 0.6) is 0 Å². The minimum absolute atomic E-state index is 0.279. The fourth-order valence-corrected chi connectivity index (χ4v) is 0.776. The number of amidine groups is 1. The third kappa shape index (κ3) is 5.70. The first kappa shape index (κ1) is 10.9. The summed E-state index contributed by atoms with van der Waals surface area (Å²) in [6.07, 6.45) is 1.44. The molecule has 0 radical (unpaired) electrons. The lowest BCUT2D eigenvalue weighted by atomic mass is 10.1. The molecule has 0 saturated heterocycles. The van der Waals surface area contributed by atoms with Crippen LogP contribution in [-0.2, 0) is 4.79 Å². The van der Waals surface area contributed by atoms with Crippen molar-refractivity contribution >= 4 is 11.8 Å². The van der Waals surface area contributed by atoms with E-state index in [1.165, 1.54) is 0 Å². The van der Waals surface area contributed by atoms with Crippen LogP contribution in [0.2, 0.25) is 0 Å². The van der Waals surface area contributed by atoms with Gasteiger partial charge in [0.1, 0.15) is 0 Å². The van der Waals surface area contributed by atoms with E-state index in [0.717, 1.165) is 6.42 Å². The maximum atomic E-state index is 10.4. The van der Waals surface area contributed by atoms with E-state index in [9.17, 15) is 4.79 Å². The molecular formula is C8H16N2O2. The summed E-state index contributed by atoms with van der Waals surface area (Å²) in [6, 6.07) is 0. The van der Waals surface area contributed by atoms with Crippen molar-refractivity contribution in [3.05, 3.63) is 0 Å². The highest BCUT2D eigenvalue weighted by Gasteiger charge is 2.08. The van der Waals surface area contributed by atoms with E-state index in [-0.39, 0.29) is 5.92 Å². The van der Waals surface area contributed by atoms with Crippen LogP contribution in [0, 0.1) is 5.92 Å². The highest BCUT2D eigenvalue weighted by atomic mass is 16.4. The van der Waals surface area contributed by atoms with Gasteiger partial charge in [0.15, 0.2) is 0 Å². The minimum Gasteiger partial charge on any atom is -0.481 e. The van der Waals surface area contributed by atoms with Crippen molar-refractivity contribution < 1.29 is 9.90 Å². The number of carbonyl (C=O) groups is 1. The third-order valence-corrected chi connectivity index (χ3v) is 1.58. The molecule has 0 aliphatic carbocycles. The van der Waals surface area contributed by atoms with Crippen molar-refractivity contribution in [1.29, 1.82) is 0 Å². The van der Waals surface area contributed by atoms with Crippen molar-refractivity contribution in [1.82, 2.24) is 0 Å². The normalized spacial score (nSPS) is 14.3. The zero-order valence-corrected chi connectivity index (χ0v) is 7.58. The van der Waals surface area contributed by atoms with Gasteiger partial charge in [-0.25, -0.2) is 0 Å². The Bertz CT molecular complexity index is 174. The maximum absolute atomic E-state index is 10.4. The predicted molar refractivity (Wildman–Crippen MR) is 48.2 cm³/mol. The van der Waals surface area contributed by atoms with Crippen LogP contribution in [0.4, 0.5) is 0 Å². The first-order chi connectivity index (χ1) is 5.54. The Kier molecular flexibility index (Phi) is 5.08. The highest BCUT2D eigenvalue weighted by molar-refractivity contribution is 5.77. The topological polar surface area (TPSA) is 75.7 Å². The zero-order chi connectivity index (χ0) is 9.56. The lowest BCUT2D eigenvalue weighted by molar-refractivity contribution is -0.141. The number of aliphatic carboxylic acids is 1. The van der Waals surface area contributed by atoms with Crippen LogP contribution in [-0.4, -0.2) is 23.5 Å². The smallest absolute Gasteiger partial charge is 0.306 e. The molecule has 0 amide bonds. The SMILES string of the molecule is CC(N)=NCCC[C@@H](C)C(=O)O. The molecule has 0 saturated carbocycles. The Morgan fingerprint density at radius 1 is 1.67 bits per heavy atom. The van der Waals surface area contributed by atoms with E-state index < -0.39 is 5.97 Å². The van der Waals surface area contributed by atoms with E-state index >= 15 is 0 Å². The van der Waals surface area contributed by atoms with Gasteiger partial charge < -0.3 is 10.8 Å². The van der Waals surface area contributed by atoms with Gasteiger partial charge in [-0.05, 0) is 19.8 Å². The molecule has 0 aromatic carbocycles. The van der Waals surface area contributed by atoms with E-state index in [1.54, 1.807) is 13.8 Å². The number of hydrogen-bond acceptors (Lipinski definition) is 2. The quantitative estimate of drug-likeness (QED) is 0.367. The first-order valence-electron chi connectivity index (χ1n) is 4.03. The minimum atomic E-state index is -0.747. The summed E-state index contributed by atoms with van der Waals surface area (Å²) in [5.41, 5.74) is 5.30. The summed E-state index contributed by atoms with van der Waals surface area (Å²) < 4.78 is 0. The molecule has 0 aliphatic rings. The molecule has 0 aliphatic heterocycles. The van der Waals surface area contributed by atoms with Gasteiger partial charge in [-0.3, -0.25) is 9.79 Å². The molecule has 70 valence electrons. The van der Waals surface area contributed by atoms with Crippen molar-refractivity contribution in [3.63, 3.8) is 0 Å². The monoisotopic (exact) mass is 172 g/mol. The number of hydrogen-bond donors (Lipinski definition) is 2. The van der Waals surface area contributed by atoms with Crippen molar-refractivity contribution in [2.24, 2.45) is 16.6 Å². The van der Waals surface area contributed by atoms with Crippen LogP contribution in [0.25, 0.3) is 0 Å². The molecule has 0 bridgehead atoms. The summed E-state index contributed by atoms with van der Waals surface area (Å²) >= 11 is 0. The average molecular weight is 172 g/mol. The van der Waals surface area contributed by atoms with Crippen molar-refractivity contribution in [3.8, 4) is 0 Å². The van der Waals surface area contributed by atoms with Crippen molar-refractivity contribution in [2.75, 3.05) is 6.54 Å². The standard InChI is InChI=1S/C8H16N2O2/c1-6(8(11)12)4-3-5-10-7(2)9/h6H,3-5H2,1-2H3,(H2,9,10)(H,11,12)/t6-/m1/s1. The number of carboxylic acids is 1. The molecule has 0 rings (SSSR count). The molecule has 0 unspecified atom stereocenters. The second kappa shape index (κ2) is 5.57. The summed E-state index contributed by atoms with van der Waals surface area (Å²) in [5, 5.41) is 8.53. The van der Waals surface area contributed by atoms with Gasteiger partial charge >= 0.3 is 5.97 Å². The molecule has 0 aromatic heterocycles. The number of aliphatic imine (C=N–C) groups is 1. The number of nitrogens with two attached hydrogens (primary N) is 1. The maximum Gasteiger partial charge on any atom is 0.306 e. The Labute approximate surface area is 72.5 Å². The third-order valence-electron chi connectivity index (χ3n) is 1.58. The Balaban J connectivity index is 3.44. The Hall–Kier alpha value is -1.06. The van der Waals surface area contributed by atoms with E-state index in [2.05, 4.69) is 4.99 Å². The van der Waals surface area contributed by atoms with Crippen LogP contribution < -0.4 is 5.73 Å². The van der Waals surface area contributed by atoms with E-state index in [1.807, 2.05) is 0 Å². The largest absolute Gasteiger partial charge is 0.481 e. The number of carboxylic acid groups (broad SMARTS) is 1.